The molecule has 122 valence electrons. The van der Waals surface area contributed by atoms with E-state index in [9.17, 15) is 22.8 Å². The molecule has 0 aliphatic carbocycles. The zero-order valence-electron chi connectivity index (χ0n) is 12.0. The number of halogens is 3. The highest BCUT2D eigenvalue weighted by molar-refractivity contribution is 5.84. The molecule has 2 heterocycles. The van der Waals surface area contributed by atoms with Crippen LogP contribution in [0.15, 0.2) is 12.3 Å². The van der Waals surface area contributed by atoms with E-state index < -0.39 is 29.8 Å². The fourth-order valence-corrected chi connectivity index (χ4v) is 2.44. The number of amides is 1. The van der Waals surface area contributed by atoms with Crippen LogP contribution in [0.2, 0.25) is 0 Å². The molecule has 1 atom stereocenters. The van der Waals surface area contributed by atoms with Crippen LogP contribution in [0, 0.1) is 0 Å². The van der Waals surface area contributed by atoms with Crippen LogP contribution in [0.25, 0.3) is 0 Å². The third kappa shape index (κ3) is 3.58. The molecular formula is C13H16F3N3O3. The molecule has 1 fully saturated rings. The highest BCUT2D eigenvalue weighted by atomic mass is 19.4. The molecule has 1 saturated heterocycles. The molecular weight excluding hydrogens is 303 g/mol. The molecule has 0 N–H and O–H groups in total. The van der Waals surface area contributed by atoms with Crippen LogP contribution in [0.4, 0.5) is 13.2 Å². The third-order valence-electron chi connectivity index (χ3n) is 3.52. The Hall–Kier alpha value is -2.06. The van der Waals surface area contributed by atoms with Gasteiger partial charge in [0.05, 0.1) is 7.11 Å². The molecule has 22 heavy (non-hydrogen) atoms. The number of esters is 1. The minimum absolute atomic E-state index is 0.344. The van der Waals surface area contributed by atoms with Crippen molar-refractivity contribution in [1.29, 1.82) is 0 Å². The summed E-state index contributed by atoms with van der Waals surface area (Å²) in [5.74, 6) is -0.962. The van der Waals surface area contributed by atoms with E-state index in [-0.39, 0.29) is 6.54 Å². The number of rotatable bonds is 3. The topological polar surface area (TPSA) is 64.4 Å². The quantitative estimate of drug-likeness (QED) is 0.791. The number of alkyl halides is 3. The molecule has 9 heteroatoms. The lowest BCUT2D eigenvalue weighted by atomic mass is 10.0. The van der Waals surface area contributed by atoms with Crippen LogP contribution >= 0.6 is 0 Å². The van der Waals surface area contributed by atoms with E-state index in [1.807, 2.05) is 0 Å². The molecule has 1 amide bonds. The van der Waals surface area contributed by atoms with Crippen LogP contribution in [0.5, 0.6) is 0 Å². The fourth-order valence-electron chi connectivity index (χ4n) is 2.44. The van der Waals surface area contributed by atoms with E-state index in [1.165, 1.54) is 12.0 Å². The van der Waals surface area contributed by atoms with Gasteiger partial charge in [-0.1, -0.05) is 0 Å². The molecule has 0 spiro atoms. The van der Waals surface area contributed by atoms with E-state index in [1.54, 1.807) is 0 Å². The second-order valence-electron chi connectivity index (χ2n) is 5.02. The fraction of sp³-hybridized carbons (Fsp3) is 0.615. The van der Waals surface area contributed by atoms with Gasteiger partial charge in [-0.25, -0.2) is 4.79 Å². The van der Waals surface area contributed by atoms with E-state index >= 15 is 0 Å². The highest BCUT2D eigenvalue weighted by Crippen LogP contribution is 2.27. The van der Waals surface area contributed by atoms with Crippen LogP contribution in [-0.4, -0.2) is 46.3 Å². The second kappa shape index (κ2) is 6.37. The minimum Gasteiger partial charge on any atom is -0.467 e. The highest BCUT2D eigenvalue weighted by Gasteiger charge is 2.35. The van der Waals surface area contributed by atoms with Crippen molar-refractivity contribution in [2.45, 2.75) is 38.0 Å². The summed E-state index contributed by atoms with van der Waals surface area (Å²) >= 11 is 0. The number of carbonyl (C=O) groups excluding carboxylic acids is 2. The van der Waals surface area contributed by atoms with Crippen molar-refractivity contribution in [3.8, 4) is 0 Å². The Labute approximate surface area is 124 Å². The molecule has 0 saturated carbocycles. The van der Waals surface area contributed by atoms with Crippen LogP contribution in [0.3, 0.4) is 0 Å². The van der Waals surface area contributed by atoms with Gasteiger partial charge in [0.2, 0.25) is 5.91 Å². The standard InChI is InChI=1S/C13H16F3N3O3/c1-22-12(21)9-4-2-3-6-19(9)11(20)8-18-7-5-10(17-18)13(14,15)16/h5,7,9H,2-4,6,8H2,1H3. The van der Waals surface area contributed by atoms with Gasteiger partial charge < -0.3 is 9.64 Å². The molecule has 1 unspecified atom stereocenters. The van der Waals surface area contributed by atoms with E-state index in [2.05, 4.69) is 9.84 Å². The van der Waals surface area contributed by atoms with Gasteiger partial charge in [-0.3, -0.25) is 9.48 Å². The zero-order chi connectivity index (χ0) is 16.3. The maximum absolute atomic E-state index is 12.5. The Kier molecular flexibility index (Phi) is 4.72. The van der Waals surface area contributed by atoms with Crippen molar-refractivity contribution < 1.29 is 27.5 Å². The van der Waals surface area contributed by atoms with Gasteiger partial charge in [-0.15, -0.1) is 0 Å². The summed E-state index contributed by atoms with van der Waals surface area (Å²) in [6.45, 7) is 0.0373. The van der Waals surface area contributed by atoms with Gasteiger partial charge >= 0.3 is 12.1 Å². The van der Waals surface area contributed by atoms with Crippen LogP contribution in [-0.2, 0) is 27.0 Å². The number of piperidine rings is 1. The molecule has 0 radical (unpaired) electrons. The first-order chi connectivity index (χ1) is 10.3. The Bertz CT molecular complexity index is 556. The summed E-state index contributed by atoms with van der Waals surface area (Å²) in [4.78, 5) is 25.3. The number of nitrogens with zero attached hydrogens (tertiary/aromatic N) is 3. The van der Waals surface area contributed by atoms with E-state index in [4.69, 9.17) is 0 Å². The Morgan fingerprint density at radius 1 is 1.41 bits per heavy atom. The molecule has 0 bridgehead atoms. The monoisotopic (exact) mass is 319 g/mol. The molecule has 6 nitrogen and oxygen atoms in total. The smallest absolute Gasteiger partial charge is 0.435 e. The van der Waals surface area contributed by atoms with Crippen molar-refractivity contribution in [3.63, 3.8) is 0 Å². The predicted molar refractivity (Wildman–Crippen MR) is 68.6 cm³/mol. The van der Waals surface area contributed by atoms with Crippen molar-refractivity contribution in [3.05, 3.63) is 18.0 Å². The van der Waals surface area contributed by atoms with Gasteiger partial charge in [-0.2, -0.15) is 18.3 Å². The summed E-state index contributed by atoms with van der Waals surface area (Å²) in [7, 11) is 1.24. The summed E-state index contributed by atoms with van der Waals surface area (Å²) in [6.07, 6.45) is -1.42. The van der Waals surface area contributed by atoms with Crippen molar-refractivity contribution in [2.24, 2.45) is 0 Å². The maximum atomic E-state index is 12.5. The van der Waals surface area contributed by atoms with Crippen LogP contribution in [0.1, 0.15) is 25.0 Å². The molecule has 1 aliphatic heterocycles. The molecule has 1 aromatic rings. The number of methoxy groups -OCH3 is 1. The first-order valence-electron chi connectivity index (χ1n) is 6.81. The lowest BCUT2D eigenvalue weighted by Gasteiger charge is -2.33. The van der Waals surface area contributed by atoms with Crippen molar-refractivity contribution in [1.82, 2.24) is 14.7 Å². The summed E-state index contributed by atoms with van der Waals surface area (Å²) in [5, 5.41) is 3.33. The average molecular weight is 319 g/mol. The lowest BCUT2D eigenvalue weighted by Crippen LogP contribution is -2.49. The Morgan fingerprint density at radius 3 is 2.73 bits per heavy atom. The first kappa shape index (κ1) is 16.3. The summed E-state index contributed by atoms with van der Waals surface area (Å²) in [6, 6.07) is 0.130. The average Bonchev–Trinajstić information content (AvgIpc) is 2.95. The van der Waals surface area contributed by atoms with Crippen LogP contribution < -0.4 is 0 Å². The molecule has 0 aromatic carbocycles. The minimum atomic E-state index is -4.55. The van der Waals surface area contributed by atoms with E-state index in [0.29, 0.717) is 13.0 Å². The number of carbonyl (C=O) groups is 2. The number of hydrogen-bond acceptors (Lipinski definition) is 4. The molecule has 1 aromatic heterocycles. The lowest BCUT2D eigenvalue weighted by molar-refractivity contribution is -0.155. The first-order valence-corrected chi connectivity index (χ1v) is 6.81. The van der Waals surface area contributed by atoms with Gasteiger partial charge in [0.1, 0.15) is 12.6 Å². The number of likely N-dealkylation sites (tertiary alicyclic amines) is 1. The van der Waals surface area contributed by atoms with Crippen molar-refractivity contribution >= 4 is 11.9 Å². The Morgan fingerprint density at radius 2 is 2.14 bits per heavy atom. The van der Waals surface area contributed by atoms with Gasteiger partial charge in [0, 0.05) is 12.7 Å². The SMILES string of the molecule is COC(=O)C1CCCCN1C(=O)Cn1ccc(C(F)(F)F)n1. The second-order valence-corrected chi connectivity index (χ2v) is 5.02. The van der Waals surface area contributed by atoms with Crippen molar-refractivity contribution in [2.75, 3.05) is 13.7 Å². The third-order valence-corrected chi connectivity index (χ3v) is 3.52. The number of aromatic nitrogens is 2. The molecule has 2 rings (SSSR count). The molecule has 1 aliphatic rings. The largest absolute Gasteiger partial charge is 0.467 e. The predicted octanol–water partition coefficient (Wildman–Crippen LogP) is 1.46. The summed E-state index contributed by atoms with van der Waals surface area (Å²) < 4.78 is 43.0. The van der Waals surface area contributed by atoms with E-state index in [0.717, 1.165) is 29.8 Å². The number of ether oxygens (including phenoxy) is 1. The van der Waals surface area contributed by atoms with Gasteiger partial charge in [-0.05, 0) is 25.3 Å². The normalized spacial score (nSPS) is 19.1. The zero-order valence-corrected chi connectivity index (χ0v) is 12.0. The summed E-state index contributed by atoms with van der Waals surface area (Å²) in [5.41, 5.74) is -1.05. The Balaban J connectivity index is 2.07. The maximum Gasteiger partial charge on any atom is 0.435 e. The number of hydrogen-bond donors (Lipinski definition) is 0. The van der Waals surface area contributed by atoms with Gasteiger partial charge in [0.15, 0.2) is 5.69 Å². The van der Waals surface area contributed by atoms with Gasteiger partial charge in [0.25, 0.3) is 0 Å².